The molecule has 0 saturated heterocycles. The Morgan fingerprint density at radius 3 is 2.50 bits per heavy atom. The first-order valence-corrected chi connectivity index (χ1v) is 8.67. The van der Waals surface area contributed by atoms with E-state index in [1.807, 2.05) is 0 Å². The van der Waals surface area contributed by atoms with Crippen molar-refractivity contribution >= 4 is 5.91 Å². The number of aromatic nitrogens is 3. The zero-order valence-electron chi connectivity index (χ0n) is 15.7. The maximum atomic E-state index is 13.1. The van der Waals surface area contributed by atoms with E-state index in [9.17, 15) is 27.5 Å². The van der Waals surface area contributed by atoms with Crippen molar-refractivity contribution in [1.29, 1.82) is 0 Å². The van der Waals surface area contributed by atoms with E-state index in [4.69, 9.17) is 4.42 Å². The third kappa shape index (κ3) is 4.79. The van der Waals surface area contributed by atoms with Gasteiger partial charge in [0.1, 0.15) is 11.9 Å². The van der Waals surface area contributed by atoms with Crippen LogP contribution in [0.25, 0.3) is 11.3 Å². The molecule has 11 heteroatoms. The zero-order valence-corrected chi connectivity index (χ0v) is 15.7. The molecule has 7 nitrogen and oxygen atoms in total. The van der Waals surface area contributed by atoms with E-state index in [1.54, 1.807) is 13.8 Å². The van der Waals surface area contributed by atoms with Crippen LogP contribution in [0.4, 0.5) is 17.6 Å². The van der Waals surface area contributed by atoms with Crippen molar-refractivity contribution in [2.75, 3.05) is 0 Å². The fourth-order valence-corrected chi connectivity index (χ4v) is 2.65. The van der Waals surface area contributed by atoms with Crippen LogP contribution in [0, 0.1) is 12.7 Å². The van der Waals surface area contributed by atoms with Crippen LogP contribution in [0.5, 0.6) is 0 Å². The lowest BCUT2D eigenvalue weighted by molar-refractivity contribution is -0.206. The van der Waals surface area contributed by atoms with Crippen molar-refractivity contribution in [2.45, 2.75) is 32.2 Å². The van der Waals surface area contributed by atoms with E-state index in [0.29, 0.717) is 0 Å². The Labute approximate surface area is 167 Å². The van der Waals surface area contributed by atoms with Crippen molar-refractivity contribution in [3.05, 3.63) is 65.3 Å². The molecule has 3 rings (SSSR count). The first-order chi connectivity index (χ1) is 14.0. The highest BCUT2D eigenvalue weighted by atomic mass is 19.4. The zero-order chi connectivity index (χ0) is 22.1. The molecule has 30 heavy (non-hydrogen) atoms. The van der Waals surface area contributed by atoms with E-state index in [0.717, 1.165) is 24.4 Å². The number of rotatable bonds is 5. The molecule has 0 aliphatic rings. The van der Waals surface area contributed by atoms with Crippen molar-refractivity contribution in [2.24, 2.45) is 0 Å². The molecule has 1 amide bonds. The number of benzene rings is 1. The summed E-state index contributed by atoms with van der Waals surface area (Å²) in [7, 11) is 0. The Morgan fingerprint density at radius 1 is 1.20 bits per heavy atom. The van der Waals surface area contributed by atoms with Crippen LogP contribution in [0.2, 0.25) is 0 Å². The van der Waals surface area contributed by atoms with Crippen molar-refractivity contribution < 1.29 is 31.9 Å². The molecule has 158 valence electrons. The van der Waals surface area contributed by atoms with Crippen LogP contribution in [-0.4, -0.2) is 32.4 Å². The highest BCUT2D eigenvalue weighted by Crippen LogP contribution is 2.35. The second-order valence-electron chi connectivity index (χ2n) is 6.50. The summed E-state index contributed by atoms with van der Waals surface area (Å²) in [6, 6.07) is 4.86. The van der Waals surface area contributed by atoms with Gasteiger partial charge in [-0.3, -0.25) is 9.78 Å². The van der Waals surface area contributed by atoms with Gasteiger partial charge in [-0.15, -0.1) is 10.2 Å². The SMILES string of the molecule is Cc1nnc([C@@H](C)NC(=O)c2cc(-c3ccc(F)cn3)cc(C(O)C(F)(F)F)c2)o1. The third-order valence-corrected chi connectivity index (χ3v) is 4.13. The number of nitrogens with one attached hydrogen (secondary N) is 1. The number of alkyl halides is 3. The van der Waals surface area contributed by atoms with E-state index in [1.165, 1.54) is 12.1 Å². The molecule has 3 aromatic rings. The number of halogens is 4. The highest BCUT2D eigenvalue weighted by molar-refractivity contribution is 5.95. The minimum atomic E-state index is -4.95. The van der Waals surface area contributed by atoms with Gasteiger partial charge in [0.05, 0.1) is 11.9 Å². The molecule has 0 bridgehead atoms. The van der Waals surface area contributed by atoms with Gasteiger partial charge in [0.15, 0.2) is 6.10 Å². The smallest absolute Gasteiger partial charge is 0.418 e. The largest absolute Gasteiger partial charge is 0.423 e. The topological polar surface area (TPSA) is 101 Å². The predicted molar refractivity (Wildman–Crippen MR) is 95.6 cm³/mol. The second-order valence-corrected chi connectivity index (χ2v) is 6.50. The van der Waals surface area contributed by atoms with Crippen LogP contribution >= 0.6 is 0 Å². The van der Waals surface area contributed by atoms with Gasteiger partial charge in [-0.2, -0.15) is 13.2 Å². The quantitative estimate of drug-likeness (QED) is 0.606. The molecule has 1 aromatic carbocycles. The second kappa shape index (κ2) is 8.19. The molecule has 0 fully saturated rings. The summed E-state index contributed by atoms with van der Waals surface area (Å²) in [5.41, 5.74) is -0.498. The number of carbonyl (C=O) groups is 1. The number of pyridine rings is 1. The Morgan fingerprint density at radius 2 is 1.93 bits per heavy atom. The average Bonchev–Trinajstić information content (AvgIpc) is 3.13. The fourth-order valence-electron chi connectivity index (χ4n) is 2.65. The molecule has 2 heterocycles. The summed E-state index contributed by atoms with van der Waals surface area (Å²) < 4.78 is 57.5. The summed E-state index contributed by atoms with van der Waals surface area (Å²) in [5, 5.41) is 19.6. The number of aliphatic hydroxyl groups is 1. The minimum absolute atomic E-state index is 0.0993. The predicted octanol–water partition coefficient (Wildman–Crippen LogP) is 3.67. The van der Waals surface area contributed by atoms with Crippen LogP contribution in [0.3, 0.4) is 0 Å². The maximum Gasteiger partial charge on any atom is 0.418 e. The van der Waals surface area contributed by atoms with Gasteiger partial charge < -0.3 is 14.8 Å². The Hall–Kier alpha value is -3.34. The van der Waals surface area contributed by atoms with Crippen LogP contribution in [-0.2, 0) is 0 Å². The number of hydrogen-bond acceptors (Lipinski definition) is 6. The molecule has 2 atom stereocenters. The van der Waals surface area contributed by atoms with Gasteiger partial charge in [0.2, 0.25) is 11.8 Å². The number of aryl methyl sites for hydroxylation is 1. The summed E-state index contributed by atoms with van der Waals surface area (Å²) in [5.74, 6) is -0.969. The lowest BCUT2D eigenvalue weighted by Crippen LogP contribution is -2.27. The monoisotopic (exact) mass is 424 g/mol. The van der Waals surface area contributed by atoms with Crippen molar-refractivity contribution in [3.8, 4) is 11.3 Å². The average molecular weight is 424 g/mol. The lowest BCUT2D eigenvalue weighted by Gasteiger charge is -2.18. The van der Waals surface area contributed by atoms with Gasteiger partial charge in [0.25, 0.3) is 5.91 Å². The summed E-state index contributed by atoms with van der Waals surface area (Å²) in [4.78, 5) is 16.5. The normalized spacial score (nSPS) is 13.7. The number of nitrogens with zero attached hydrogens (tertiary/aromatic N) is 3. The van der Waals surface area contributed by atoms with E-state index in [2.05, 4.69) is 20.5 Å². The summed E-state index contributed by atoms with van der Waals surface area (Å²) in [6.45, 7) is 3.12. The molecule has 0 saturated carbocycles. The molecule has 2 aromatic heterocycles. The van der Waals surface area contributed by atoms with E-state index >= 15 is 0 Å². The number of carbonyl (C=O) groups excluding carboxylic acids is 1. The van der Waals surface area contributed by atoms with Crippen LogP contribution < -0.4 is 5.32 Å². The minimum Gasteiger partial charge on any atom is -0.423 e. The molecule has 0 aliphatic carbocycles. The lowest BCUT2D eigenvalue weighted by atomic mass is 9.99. The van der Waals surface area contributed by atoms with Crippen LogP contribution in [0.1, 0.15) is 46.8 Å². The van der Waals surface area contributed by atoms with Gasteiger partial charge in [0, 0.05) is 18.1 Å². The highest BCUT2D eigenvalue weighted by Gasteiger charge is 2.40. The van der Waals surface area contributed by atoms with Gasteiger partial charge in [-0.1, -0.05) is 0 Å². The number of hydrogen-bond donors (Lipinski definition) is 2. The Bertz CT molecular complexity index is 1050. The molecule has 0 aliphatic heterocycles. The van der Waals surface area contributed by atoms with Gasteiger partial charge >= 0.3 is 6.18 Å². The first kappa shape index (κ1) is 21.4. The molecular weight excluding hydrogens is 408 g/mol. The van der Waals surface area contributed by atoms with E-state index in [-0.39, 0.29) is 28.6 Å². The summed E-state index contributed by atoms with van der Waals surface area (Å²) >= 11 is 0. The van der Waals surface area contributed by atoms with Gasteiger partial charge in [-0.25, -0.2) is 4.39 Å². The summed E-state index contributed by atoms with van der Waals surface area (Å²) in [6.07, 6.45) is -6.88. The Kier molecular flexibility index (Phi) is 5.83. The molecular formula is C19H16F4N4O3. The maximum absolute atomic E-state index is 13.1. The molecule has 2 N–H and O–H groups in total. The van der Waals surface area contributed by atoms with Crippen molar-refractivity contribution in [3.63, 3.8) is 0 Å². The Balaban J connectivity index is 1.98. The van der Waals surface area contributed by atoms with Gasteiger partial charge in [-0.05, 0) is 42.8 Å². The number of amides is 1. The van der Waals surface area contributed by atoms with E-state index < -0.39 is 35.6 Å². The van der Waals surface area contributed by atoms with Crippen LogP contribution in [0.15, 0.2) is 40.9 Å². The molecule has 1 unspecified atom stereocenters. The molecule has 0 radical (unpaired) electrons. The molecule has 0 spiro atoms. The first-order valence-electron chi connectivity index (χ1n) is 8.67. The fraction of sp³-hybridized carbons (Fsp3) is 0.263. The third-order valence-electron chi connectivity index (χ3n) is 4.13. The van der Waals surface area contributed by atoms with Crippen molar-refractivity contribution in [1.82, 2.24) is 20.5 Å². The standard InChI is InChI=1S/C19H16F4N4O3/c1-9(18-27-26-10(2)30-18)25-17(29)13-6-11(15-4-3-14(20)8-24-15)5-12(7-13)16(28)19(21,22)23/h3-9,16,28H,1-2H3,(H,25,29)/t9-,16?/m1/s1. The number of aliphatic hydroxyl groups excluding tert-OH is 1.